The Hall–Kier alpha value is -1.98. The Morgan fingerprint density at radius 1 is 1.36 bits per heavy atom. The molecule has 0 aromatic carbocycles. The summed E-state index contributed by atoms with van der Waals surface area (Å²) in [7, 11) is 0. The number of halogens is 1. The highest BCUT2D eigenvalue weighted by atomic mass is 19.1. The SMILES string of the molecule is Cc1ccncc1C(=O)N1CCC(F)(C(=O)NC2CC2)CC1. The molecule has 3 rings (SSSR count). The van der Waals surface area contributed by atoms with Gasteiger partial charge in [-0.1, -0.05) is 0 Å². The maximum Gasteiger partial charge on any atom is 0.258 e. The molecule has 2 amide bonds. The number of nitrogens with one attached hydrogen (secondary N) is 1. The van der Waals surface area contributed by atoms with Crippen molar-refractivity contribution in [1.29, 1.82) is 0 Å². The predicted octanol–water partition coefficient (Wildman–Crippen LogP) is 1.61. The van der Waals surface area contributed by atoms with Gasteiger partial charge < -0.3 is 10.2 Å². The standard InChI is InChI=1S/C16H20FN3O2/c1-11-4-7-18-10-13(11)14(21)20-8-5-16(17,6-9-20)15(22)19-12-2-3-12/h4,7,10,12H,2-3,5-6,8-9H2,1H3,(H,19,22). The Kier molecular flexibility index (Phi) is 3.85. The van der Waals surface area contributed by atoms with Crippen LogP contribution in [0.3, 0.4) is 0 Å². The van der Waals surface area contributed by atoms with Gasteiger partial charge >= 0.3 is 0 Å². The zero-order valence-corrected chi connectivity index (χ0v) is 12.6. The van der Waals surface area contributed by atoms with Crippen LogP contribution in [-0.4, -0.2) is 46.5 Å². The quantitative estimate of drug-likeness (QED) is 0.923. The summed E-state index contributed by atoms with van der Waals surface area (Å²) in [5, 5.41) is 2.72. The van der Waals surface area contributed by atoms with E-state index in [9.17, 15) is 14.0 Å². The molecule has 6 heteroatoms. The van der Waals surface area contributed by atoms with E-state index in [1.165, 1.54) is 6.20 Å². The third-order valence-electron chi connectivity index (χ3n) is 4.43. The average Bonchev–Trinajstić information content (AvgIpc) is 3.32. The summed E-state index contributed by atoms with van der Waals surface area (Å²) in [6, 6.07) is 1.93. The zero-order valence-electron chi connectivity index (χ0n) is 12.6. The van der Waals surface area contributed by atoms with E-state index in [-0.39, 0.29) is 37.9 Å². The first kappa shape index (κ1) is 14.9. The molecule has 1 saturated heterocycles. The number of pyridine rings is 1. The van der Waals surface area contributed by atoms with Crippen LogP contribution in [0.25, 0.3) is 0 Å². The van der Waals surface area contributed by atoms with Crippen LogP contribution >= 0.6 is 0 Å². The van der Waals surface area contributed by atoms with E-state index < -0.39 is 11.6 Å². The molecular weight excluding hydrogens is 285 g/mol. The minimum Gasteiger partial charge on any atom is -0.351 e. The molecule has 1 saturated carbocycles. The van der Waals surface area contributed by atoms with E-state index in [1.54, 1.807) is 17.2 Å². The third kappa shape index (κ3) is 2.96. The number of rotatable bonds is 3. The molecule has 2 heterocycles. The van der Waals surface area contributed by atoms with Crippen LogP contribution in [0.4, 0.5) is 4.39 Å². The second-order valence-corrected chi connectivity index (χ2v) is 6.20. The number of nitrogens with zero attached hydrogens (tertiary/aromatic N) is 2. The number of amides is 2. The van der Waals surface area contributed by atoms with Crippen molar-refractivity contribution < 1.29 is 14.0 Å². The van der Waals surface area contributed by atoms with Crippen molar-refractivity contribution in [3.8, 4) is 0 Å². The number of carbonyl (C=O) groups is 2. The number of hydrogen-bond acceptors (Lipinski definition) is 3. The average molecular weight is 305 g/mol. The van der Waals surface area contributed by atoms with Crippen molar-refractivity contribution in [3.05, 3.63) is 29.6 Å². The van der Waals surface area contributed by atoms with Crippen molar-refractivity contribution >= 4 is 11.8 Å². The van der Waals surface area contributed by atoms with Gasteiger partial charge in [0.2, 0.25) is 0 Å². The number of aryl methyl sites for hydroxylation is 1. The van der Waals surface area contributed by atoms with Gasteiger partial charge in [0, 0.05) is 44.4 Å². The first-order valence-corrected chi connectivity index (χ1v) is 7.69. The van der Waals surface area contributed by atoms with E-state index in [1.807, 2.05) is 6.92 Å². The van der Waals surface area contributed by atoms with Crippen LogP contribution in [0.1, 0.15) is 41.6 Å². The van der Waals surface area contributed by atoms with Gasteiger partial charge in [-0.2, -0.15) is 0 Å². The number of aromatic nitrogens is 1. The van der Waals surface area contributed by atoms with E-state index in [4.69, 9.17) is 0 Å². The van der Waals surface area contributed by atoms with Gasteiger partial charge in [0.05, 0.1) is 5.56 Å². The highest BCUT2D eigenvalue weighted by molar-refractivity contribution is 5.95. The third-order valence-corrected chi connectivity index (χ3v) is 4.43. The van der Waals surface area contributed by atoms with Crippen molar-refractivity contribution in [2.75, 3.05) is 13.1 Å². The number of likely N-dealkylation sites (tertiary alicyclic amines) is 1. The summed E-state index contributed by atoms with van der Waals surface area (Å²) in [5.74, 6) is -0.657. The van der Waals surface area contributed by atoms with E-state index in [0.29, 0.717) is 5.56 Å². The monoisotopic (exact) mass is 305 g/mol. The molecule has 2 aliphatic rings. The normalized spacial score (nSPS) is 20.5. The zero-order chi connectivity index (χ0) is 15.7. The van der Waals surface area contributed by atoms with Crippen LogP contribution in [0.15, 0.2) is 18.5 Å². The molecule has 22 heavy (non-hydrogen) atoms. The van der Waals surface area contributed by atoms with Crippen LogP contribution in [-0.2, 0) is 4.79 Å². The summed E-state index contributed by atoms with van der Waals surface area (Å²) < 4.78 is 14.7. The maximum absolute atomic E-state index is 14.7. The van der Waals surface area contributed by atoms with Gasteiger partial charge in [-0.05, 0) is 31.4 Å². The van der Waals surface area contributed by atoms with Gasteiger partial charge in [-0.15, -0.1) is 0 Å². The highest BCUT2D eigenvalue weighted by Gasteiger charge is 2.44. The first-order chi connectivity index (χ1) is 10.5. The van der Waals surface area contributed by atoms with E-state index in [2.05, 4.69) is 10.3 Å². The molecule has 1 N–H and O–H groups in total. The fourth-order valence-electron chi connectivity index (χ4n) is 2.69. The second kappa shape index (κ2) is 5.66. The Bertz CT molecular complexity index is 593. The molecule has 1 aromatic rings. The summed E-state index contributed by atoms with van der Waals surface area (Å²) in [6.07, 6.45) is 5.15. The molecule has 0 spiro atoms. The van der Waals surface area contributed by atoms with Crippen LogP contribution in [0.2, 0.25) is 0 Å². The fraction of sp³-hybridized carbons (Fsp3) is 0.562. The number of carbonyl (C=O) groups excluding carboxylic acids is 2. The summed E-state index contributed by atoms with van der Waals surface area (Å²) >= 11 is 0. The summed E-state index contributed by atoms with van der Waals surface area (Å²) in [4.78, 5) is 30.0. The Labute approximate surface area is 128 Å². The topological polar surface area (TPSA) is 62.3 Å². The maximum atomic E-state index is 14.7. The first-order valence-electron chi connectivity index (χ1n) is 7.69. The molecule has 5 nitrogen and oxygen atoms in total. The Morgan fingerprint density at radius 2 is 2.05 bits per heavy atom. The Balaban J connectivity index is 1.62. The lowest BCUT2D eigenvalue weighted by Gasteiger charge is -2.35. The van der Waals surface area contributed by atoms with Crippen molar-refractivity contribution in [2.45, 2.75) is 44.3 Å². The van der Waals surface area contributed by atoms with Gasteiger partial charge in [0.15, 0.2) is 5.67 Å². The van der Waals surface area contributed by atoms with Crippen molar-refractivity contribution in [2.24, 2.45) is 0 Å². The lowest BCUT2D eigenvalue weighted by Crippen LogP contribution is -2.52. The molecule has 0 radical (unpaired) electrons. The van der Waals surface area contributed by atoms with Crippen LogP contribution in [0.5, 0.6) is 0 Å². The molecule has 1 aromatic heterocycles. The van der Waals surface area contributed by atoms with Crippen LogP contribution in [0, 0.1) is 6.92 Å². The van der Waals surface area contributed by atoms with Crippen molar-refractivity contribution in [3.63, 3.8) is 0 Å². The highest BCUT2D eigenvalue weighted by Crippen LogP contribution is 2.29. The fourth-order valence-corrected chi connectivity index (χ4v) is 2.69. The van der Waals surface area contributed by atoms with Crippen molar-refractivity contribution in [1.82, 2.24) is 15.2 Å². The summed E-state index contributed by atoms with van der Waals surface area (Å²) in [5.41, 5.74) is -0.455. The molecule has 118 valence electrons. The minimum absolute atomic E-state index is 0.0522. The minimum atomic E-state index is -1.84. The van der Waals surface area contributed by atoms with Crippen LogP contribution < -0.4 is 5.32 Å². The molecule has 0 unspecified atom stereocenters. The van der Waals surface area contributed by atoms with Gasteiger partial charge in [0.1, 0.15) is 0 Å². The van der Waals surface area contributed by atoms with Gasteiger partial charge in [-0.25, -0.2) is 4.39 Å². The smallest absolute Gasteiger partial charge is 0.258 e. The van der Waals surface area contributed by atoms with Gasteiger partial charge in [0.25, 0.3) is 11.8 Å². The molecule has 0 bridgehead atoms. The molecule has 2 fully saturated rings. The number of alkyl halides is 1. The lowest BCUT2D eigenvalue weighted by molar-refractivity contribution is -0.135. The molecule has 0 atom stereocenters. The largest absolute Gasteiger partial charge is 0.351 e. The second-order valence-electron chi connectivity index (χ2n) is 6.20. The molecule has 1 aliphatic carbocycles. The number of piperidine rings is 1. The number of hydrogen-bond donors (Lipinski definition) is 1. The predicted molar refractivity (Wildman–Crippen MR) is 79.1 cm³/mol. The molecular formula is C16H20FN3O2. The van der Waals surface area contributed by atoms with E-state index >= 15 is 0 Å². The lowest BCUT2D eigenvalue weighted by atomic mass is 9.91. The Morgan fingerprint density at radius 3 is 2.64 bits per heavy atom. The van der Waals surface area contributed by atoms with E-state index in [0.717, 1.165) is 18.4 Å². The summed E-state index contributed by atoms with van der Waals surface area (Å²) in [6.45, 7) is 2.35. The molecule has 1 aliphatic heterocycles. The van der Waals surface area contributed by atoms with Gasteiger partial charge in [-0.3, -0.25) is 14.6 Å².